The second-order valence-electron chi connectivity index (χ2n) is 5.07. The highest BCUT2D eigenvalue weighted by Crippen LogP contribution is 2.24. The van der Waals surface area contributed by atoms with Crippen molar-refractivity contribution < 1.29 is 5.11 Å². The molecule has 1 N–H and O–H groups in total. The molecule has 0 aliphatic heterocycles. The normalized spacial score (nSPS) is 12.6. The minimum atomic E-state index is -0.507. The zero-order valence-electron chi connectivity index (χ0n) is 12.3. The van der Waals surface area contributed by atoms with E-state index in [1.165, 1.54) is 0 Å². The van der Waals surface area contributed by atoms with Gasteiger partial charge < -0.3 is 5.11 Å². The van der Waals surface area contributed by atoms with Crippen LogP contribution in [0.15, 0.2) is 24.3 Å². The Kier molecular flexibility index (Phi) is 5.68. The van der Waals surface area contributed by atoms with Crippen LogP contribution in [-0.2, 0) is 25.8 Å². The summed E-state index contributed by atoms with van der Waals surface area (Å²) in [4.78, 5) is 0. The lowest BCUT2D eigenvalue weighted by Crippen LogP contribution is -2.17. The third-order valence-corrected chi connectivity index (χ3v) is 4.15. The highest BCUT2D eigenvalue weighted by molar-refractivity contribution is 6.32. The third kappa shape index (κ3) is 4.00. The van der Waals surface area contributed by atoms with Gasteiger partial charge in [0.1, 0.15) is 0 Å². The smallest absolute Gasteiger partial charge is 0.0850 e. The molecule has 1 aromatic heterocycles. The lowest BCUT2D eigenvalue weighted by Gasteiger charge is -2.12. The van der Waals surface area contributed by atoms with Gasteiger partial charge in [0.05, 0.1) is 22.5 Å². The van der Waals surface area contributed by atoms with Gasteiger partial charge in [-0.15, -0.1) is 0 Å². The first-order valence-electron chi connectivity index (χ1n) is 7.21. The number of halogens is 2. The number of hydrogen-bond donors (Lipinski definition) is 1. The van der Waals surface area contributed by atoms with E-state index in [0.717, 1.165) is 29.9 Å². The molecule has 1 aromatic carbocycles. The van der Waals surface area contributed by atoms with E-state index in [-0.39, 0.29) is 0 Å². The first kappa shape index (κ1) is 16.3. The number of aliphatic hydroxyl groups is 1. The first-order valence-corrected chi connectivity index (χ1v) is 7.97. The van der Waals surface area contributed by atoms with Gasteiger partial charge in [-0.05, 0) is 37.5 Å². The van der Waals surface area contributed by atoms with Crippen LogP contribution in [0.25, 0.3) is 0 Å². The molecule has 114 valence electrons. The Morgan fingerprint density at radius 1 is 1.24 bits per heavy atom. The quantitative estimate of drug-likeness (QED) is 0.873. The molecule has 0 fully saturated rings. The van der Waals surface area contributed by atoms with Gasteiger partial charge in [-0.1, -0.05) is 42.3 Å². The Hall–Kier alpha value is -1.03. The highest BCUT2D eigenvalue weighted by Gasteiger charge is 2.18. The number of nitrogens with zero attached hydrogens (tertiary/aromatic N) is 2. The fourth-order valence-corrected chi connectivity index (χ4v) is 3.00. The minimum absolute atomic E-state index is 0.492. The summed E-state index contributed by atoms with van der Waals surface area (Å²) in [6.45, 7) is 4.80. The summed E-state index contributed by atoms with van der Waals surface area (Å²) < 4.78 is 1.88. The van der Waals surface area contributed by atoms with Crippen LogP contribution in [-0.4, -0.2) is 21.0 Å². The Labute approximate surface area is 135 Å². The zero-order valence-corrected chi connectivity index (χ0v) is 13.8. The zero-order chi connectivity index (χ0) is 15.4. The van der Waals surface area contributed by atoms with Crippen molar-refractivity contribution in [2.45, 2.75) is 45.8 Å². The molecule has 0 aliphatic carbocycles. The van der Waals surface area contributed by atoms with E-state index in [1.807, 2.05) is 42.8 Å². The summed E-state index contributed by atoms with van der Waals surface area (Å²) in [7, 11) is 0. The molecule has 1 atom stereocenters. The average molecular weight is 327 g/mol. The average Bonchev–Trinajstić information content (AvgIpc) is 2.75. The van der Waals surface area contributed by atoms with Crippen LogP contribution < -0.4 is 0 Å². The van der Waals surface area contributed by atoms with E-state index in [0.29, 0.717) is 22.9 Å². The number of hydrogen-bond acceptors (Lipinski definition) is 2. The molecule has 2 rings (SSSR count). The second-order valence-corrected chi connectivity index (χ2v) is 5.88. The van der Waals surface area contributed by atoms with Gasteiger partial charge in [0.2, 0.25) is 0 Å². The Morgan fingerprint density at radius 3 is 2.62 bits per heavy atom. The molecule has 0 aliphatic rings. The SMILES string of the molecule is CCc1nn(CC)c(CC(O)Cc2cccc(Cl)c2)c1Cl. The Balaban J connectivity index is 2.12. The molecular weight excluding hydrogens is 307 g/mol. The summed E-state index contributed by atoms with van der Waals surface area (Å²) in [5.41, 5.74) is 2.82. The van der Waals surface area contributed by atoms with Crippen LogP contribution in [0, 0.1) is 0 Å². The fraction of sp³-hybridized carbons (Fsp3) is 0.438. The van der Waals surface area contributed by atoms with Crippen molar-refractivity contribution in [3.8, 4) is 0 Å². The van der Waals surface area contributed by atoms with E-state index in [1.54, 1.807) is 0 Å². The second kappa shape index (κ2) is 7.30. The Morgan fingerprint density at radius 2 is 2.00 bits per heavy atom. The van der Waals surface area contributed by atoms with Crippen molar-refractivity contribution in [2.75, 3.05) is 0 Å². The lowest BCUT2D eigenvalue weighted by molar-refractivity contribution is 0.172. The lowest BCUT2D eigenvalue weighted by atomic mass is 10.0. The van der Waals surface area contributed by atoms with E-state index in [4.69, 9.17) is 23.2 Å². The largest absolute Gasteiger partial charge is 0.392 e. The molecule has 5 heteroatoms. The van der Waals surface area contributed by atoms with Crippen LogP contribution in [0.4, 0.5) is 0 Å². The van der Waals surface area contributed by atoms with Crippen LogP contribution >= 0.6 is 23.2 Å². The molecule has 3 nitrogen and oxygen atoms in total. The minimum Gasteiger partial charge on any atom is -0.392 e. The molecular formula is C16H20Cl2N2O. The van der Waals surface area contributed by atoms with E-state index >= 15 is 0 Å². The molecule has 0 saturated heterocycles. The van der Waals surface area contributed by atoms with Gasteiger partial charge in [0, 0.05) is 18.0 Å². The summed E-state index contributed by atoms with van der Waals surface area (Å²) in [5.74, 6) is 0. The molecule has 0 saturated carbocycles. The van der Waals surface area contributed by atoms with Crippen molar-refractivity contribution >= 4 is 23.2 Å². The maximum absolute atomic E-state index is 10.3. The first-order chi connectivity index (χ1) is 10.0. The number of benzene rings is 1. The van der Waals surface area contributed by atoms with Crippen molar-refractivity contribution in [3.05, 3.63) is 51.3 Å². The van der Waals surface area contributed by atoms with Gasteiger partial charge >= 0.3 is 0 Å². The molecule has 1 unspecified atom stereocenters. The maximum Gasteiger partial charge on any atom is 0.0850 e. The molecule has 0 amide bonds. The van der Waals surface area contributed by atoms with E-state index in [2.05, 4.69) is 5.10 Å². The van der Waals surface area contributed by atoms with Crippen LogP contribution in [0.5, 0.6) is 0 Å². The molecule has 21 heavy (non-hydrogen) atoms. The monoisotopic (exact) mass is 326 g/mol. The maximum atomic E-state index is 10.3. The predicted molar refractivity (Wildman–Crippen MR) is 87.2 cm³/mol. The predicted octanol–water partition coefficient (Wildman–Crippen LogP) is 3.92. The van der Waals surface area contributed by atoms with Crippen molar-refractivity contribution in [2.24, 2.45) is 0 Å². The van der Waals surface area contributed by atoms with E-state index in [9.17, 15) is 5.11 Å². The molecule has 0 spiro atoms. The summed E-state index contributed by atoms with van der Waals surface area (Å²) in [6, 6.07) is 7.56. The van der Waals surface area contributed by atoms with Gasteiger partial charge in [-0.3, -0.25) is 4.68 Å². The number of rotatable bonds is 6. The molecule has 0 bridgehead atoms. The topological polar surface area (TPSA) is 38.0 Å². The van der Waals surface area contributed by atoms with Crippen molar-refractivity contribution in [1.29, 1.82) is 0 Å². The van der Waals surface area contributed by atoms with Crippen molar-refractivity contribution in [1.82, 2.24) is 9.78 Å². The fourth-order valence-electron chi connectivity index (χ4n) is 2.44. The van der Waals surface area contributed by atoms with Gasteiger partial charge in [-0.2, -0.15) is 5.10 Å². The number of aliphatic hydroxyl groups excluding tert-OH is 1. The van der Waals surface area contributed by atoms with Gasteiger partial charge in [0.25, 0.3) is 0 Å². The van der Waals surface area contributed by atoms with Crippen LogP contribution in [0.2, 0.25) is 10.0 Å². The van der Waals surface area contributed by atoms with Crippen LogP contribution in [0.1, 0.15) is 30.8 Å². The molecule has 1 heterocycles. The standard InChI is InChI=1S/C16H20Cl2N2O/c1-3-14-16(18)15(20(4-2)19-14)10-13(21)9-11-6-5-7-12(17)8-11/h5-8,13,21H,3-4,9-10H2,1-2H3. The van der Waals surface area contributed by atoms with E-state index < -0.39 is 6.10 Å². The Bertz CT molecular complexity index is 610. The molecule has 2 aromatic rings. The summed E-state index contributed by atoms with van der Waals surface area (Å²) in [5, 5.41) is 16.2. The molecule has 0 radical (unpaired) electrons. The van der Waals surface area contributed by atoms with Gasteiger partial charge in [0.15, 0.2) is 0 Å². The third-order valence-electron chi connectivity index (χ3n) is 3.48. The summed E-state index contributed by atoms with van der Waals surface area (Å²) in [6.07, 6.45) is 1.33. The number of aromatic nitrogens is 2. The summed E-state index contributed by atoms with van der Waals surface area (Å²) >= 11 is 12.3. The number of aryl methyl sites for hydroxylation is 2. The van der Waals surface area contributed by atoms with Crippen molar-refractivity contribution in [3.63, 3.8) is 0 Å². The van der Waals surface area contributed by atoms with Crippen LogP contribution in [0.3, 0.4) is 0 Å². The van der Waals surface area contributed by atoms with Gasteiger partial charge in [-0.25, -0.2) is 0 Å². The highest BCUT2D eigenvalue weighted by atomic mass is 35.5.